The van der Waals surface area contributed by atoms with Crippen LogP contribution in [0.4, 0.5) is 0 Å². The maximum Gasteiger partial charge on any atom is 0.241 e. The molecule has 0 saturated carbocycles. The third-order valence-corrected chi connectivity index (χ3v) is 5.91. The van der Waals surface area contributed by atoms with Gasteiger partial charge in [0.2, 0.25) is 10.0 Å². The second-order valence-electron chi connectivity index (χ2n) is 6.51. The first-order valence-electron chi connectivity index (χ1n) is 8.65. The van der Waals surface area contributed by atoms with E-state index in [1.165, 1.54) is 0 Å². The molecule has 0 aliphatic heterocycles. The Morgan fingerprint density at radius 3 is 1.96 bits per heavy atom. The van der Waals surface area contributed by atoms with Gasteiger partial charge in [-0.1, -0.05) is 13.8 Å². The van der Waals surface area contributed by atoms with Crippen LogP contribution in [0.5, 0.6) is 17.2 Å². The van der Waals surface area contributed by atoms with E-state index in [1.807, 2.05) is 13.8 Å². The van der Waals surface area contributed by atoms with Crippen molar-refractivity contribution in [1.82, 2.24) is 4.72 Å². The van der Waals surface area contributed by atoms with Crippen LogP contribution in [0.15, 0.2) is 41.3 Å². The van der Waals surface area contributed by atoms with E-state index in [9.17, 15) is 8.42 Å². The van der Waals surface area contributed by atoms with Crippen molar-refractivity contribution in [2.45, 2.75) is 37.6 Å². The van der Waals surface area contributed by atoms with Crippen molar-refractivity contribution >= 4 is 10.0 Å². The molecule has 1 N–H and O–H groups in total. The van der Waals surface area contributed by atoms with Gasteiger partial charge in [-0.3, -0.25) is 0 Å². The van der Waals surface area contributed by atoms with Gasteiger partial charge in [0.15, 0.2) is 0 Å². The van der Waals surface area contributed by atoms with Crippen molar-refractivity contribution in [2.75, 3.05) is 21.3 Å². The SMILES string of the molecule is COc1ccc(OC)c([C@@H](C)NS(=O)(=O)c2ccc(OC)c(C(C)C)c2)c1. The Hall–Kier alpha value is -2.25. The predicted molar refractivity (Wildman–Crippen MR) is 105 cm³/mol. The Morgan fingerprint density at radius 2 is 1.41 bits per heavy atom. The van der Waals surface area contributed by atoms with Crippen LogP contribution in [0.3, 0.4) is 0 Å². The molecule has 148 valence electrons. The Balaban J connectivity index is 2.37. The zero-order chi connectivity index (χ0) is 20.2. The van der Waals surface area contributed by atoms with Crippen LogP contribution in [0.25, 0.3) is 0 Å². The number of ether oxygens (including phenoxy) is 3. The summed E-state index contributed by atoms with van der Waals surface area (Å²) in [7, 11) is 0.946. The smallest absolute Gasteiger partial charge is 0.241 e. The van der Waals surface area contributed by atoms with E-state index in [0.29, 0.717) is 22.8 Å². The normalized spacial score (nSPS) is 12.7. The minimum atomic E-state index is -3.74. The number of hydrogen-bond acceptors (Lipinski definition) is 5. The van der Waals surface area contributed by atoms with Gasteiger partial charge in [-0.2, -0.15) is 0 Å². The van der Waals surface area contributed by atoms with Crippen LogP contribution in [0, 0.1) is 0 Å². The van der Waals surface area contributed by atoms with E-state index < -0.39 is 16.1 Å². The van der Waals surface area contributed by atoms with E-state index in [0.717, 1.165) is 5.56 Å². The van der Waals surface area contributed by atoms with E-state index in [4.69, 9.17) is 14.2 Å². The molecule has 0 aromatic heterocycles. The van der Waals surface area contributed by atoms with E-state index in [-0.39, 0.29) is 10.8 Å². The second kappa shape index (κ2) is 8.63. The molecule has 0 heterocycles. The molecule has 0 amide bonds. The molecule has 1 atom stereocenters. The average molecular weight is 394 g/mol. The summed E-state index contributed by atoms with van der Waals surface area (Å²) in [5.41, 5.74) is 1.53. The summed E-state index contributed by atoms with van der Waals surface area (Å²) in [6.07, 6.45) is 0. The lowest BCUT2D eigenvalue weighted by molar-refractivity contribution is 0.395. The van der Waals surface area contributed by atoms with Crippen molar-refractivity contribution in [3.8, 4) is 17.2 Å². The first-order chi connectivity index (χ1) is 12.7. The largest absolute Gasteiger partial charge is 0.497 e. The highest BCUT2D eigenvalue weighted by Crippen LogP contribution is 2.32. The highest BCUT2D eigenvalue weighted by atomic mass is 32.2. The van der Waals surface area contributed by atoms with Crippen molar-refractivity contribution < 1.29 is 22.6 Å². The van der Waals surface area contributed by atoms with Gasteiger partial charge in [0.1, 0.15) is 17.2 Å². The lowest BCUT2D eigenvalue weighted by Crippen LogP contribution is -2.27. The molecule has 2 aromatic rings. The standard InChI is InChI=1S/C20H27NO5S/c1-13(2)17-12-16(8-10-19(17)25-5)27(22,23)21-14(3)18-11-15(24-4)7-9-20(18)26-6/h7-14,21H,1-6H3/t14-/m1/s1. The lowest BCUT2D eigenvalue weighted by atomic mass is 10.0. The fraction of sp³-hybridized carbons (Fsp3) is 0.400. The van der Waals surface area contributed by atoms with Gasteiger partial charge in [0, 0.05) is 11.6 Å². The molecule has 2 aromatic carbocycles. The minimum absolute atomic E-state index is 0.131. The number of benzene rings is 2. The highest BCUT2D eigenvalue weighted by Gasteiger charge is 2.23. The summed E-state index contributed by atoms with van der Waals surface area (Å²) < 4.78 is 44.5. The summed E-state index contributed by atoms with van der Waals surface area (Å²) >= 11 is 0. The van der Waals surface area contributed by atoms with Crippen molar-refractivity contribution in [3.05, 3.63) is 47.5 Å². The molecule has 0 aliphatic carbocycles. The van der Waals surface area contributed by atoms with E-state index >= 15 is 0 Å². The molecule has 2 rings (SSSR count). The van der Waals surface area contributed by atoms with Gasteiger partial charge in [0.05, 0.1) is 26.2 Å². The number of hydrogen-bond donors (Lipinski definition) is 1. The molecule has 27 heavy (non-hydrogen) atoms. The van der Waals surface area contributed by atoms with Crippen LogP contribution >= 0.6 is 0 Å². The molecule has 0 unspecified atom stereocenters. The van der Waals surface area contributed by atoms with Crippen LogP contribution in [-0.2, 0) is 10.0 Å². The quantitative estimate of drug-likeness (QED) is 0.737. The van der Waals surface area contributed by atoms with Crippen LogP contribution in [0.2, 0.25) is 0 Å². The number of rotatable bonds is 8. The fourth-order valence-corrected chi connectivity index (χ4v) is 4.13. The number of methoxy groups -OCH3 is 3. The third-order valence-electron chi connectivity index (χ3n) is 4.37. The van der Waals surface area contributed by atoms with E-state index in [1.54, 1.807) is 64.7 Å². The molecular weight excluding hydrogens is 366 g/mol. The molecule has 0 aliphatic rings. The van der Waals surface area contributed by atoms with Gasteiger partial charge in [-0.25, -0.2) is 13.1 Å². The monoisotopic (exact) mass is 393 g/mol. The van der Waals surface area contributed by atoms with Crippen LogP contribution in [-0.4, -0.2) is 29.7 Å². The van der Waals surface area contributed by atoms with Crippen molar-refractivity contribution in [2.24, 2.45) is 0 Å². The van der Waals surface area contributed by atoms with Gasteiger partial charge < -0.3 is 14.2 Å². The molecule has 6 nitrogen and oxygen atoms in total. The average Bonchev–Trinajstić information content (AvgIpc) is 2.66. The second-order valence-corrected chi connectivity index (χ2v) is 8.22. The first kappa shape index (κ1) is 21.1. The Kier molecular flexibility index (Phi) is 6.73. The fourth-order valence-electron chi connectivity index (χ4n) is 2.87. The summed E-state index contributed by atoms with van der Waals surface area (Å²) in [4.78, 5) is 0.195. The van der Waals surface area contributed by atoms with Crippen molar-refractivity contribution in [3.63, 3.8) is 0 Å². The maximum atomic E-state index is 12.9. The van der Waals surface area contributed by atoms with Gasteiger partial charge in [-0.15, -0.1) is 0 Å². The van der Waals surface area contributed by atoms with Crippen LogP contribution in [0.1, 0.15) is 43.9 Å². The highest BCUT2D eigenvalue weighted by molar-refractivity contribution is 7.89. The van der Waals surface area contributed by atoms with E-state index in [2.05, 4.69) is 4.72 Å². The number of nitrogens with one attached hydrogen (secondary N) is 1. The zero-order valence-corrected chi connectivity index (χ0v) is 17.4. The zero-order valence-electron chi connectivity index (χ0n) is 16.6. The molecular formula is C20H27NO5S. The Labute approximate surface area is 161 Å². The summed E-state index contributed by atoms with van der Waals surface area (Å²) in [5.74, 6) is 2.02. The van der Waals surface area contributed by atoms with Crippen LogP contribution < -0.4 is 18.9 Å². The lowest BCUT2D eigenvalue weighted by Gasteiger charge is -2.19. The number of sulfonamides is 1. The Morgan fingerprint density at radius 1 is 0.815 bits per heavy atom. The maximum absolute atomic E-state index is 12.9. The molecule has 0 spiro atoms. The van der Waals surface area contributed by atoms with Crippen molar-refractivity contribution in [1.29, 1.82) is 0 Å². The summed E-state index contributed by atoms with van der Waals surface area (Å²) in [6.45, 7) is 5.75. The third kappa shape index (κ3) is 4.73. The van der Waals surface area contributed by atoms with Gasteiger partial charge in [-0.05, 0) is 54.8 Å². The Bertz CT molecular complexity index is 893. The molecule has 0 bridgehead atoms. The van der Waals surface area contributed by atoms with Gasteiger partial charge in [0.25, 0.3) is 0 Å². The first-order valence-corrected chi connectivity index (χ1v) is 10.1. The molecule has 0 saturated heterocycles. The molecule has 7 heteroatoms. The van der Waals surface area contributed by atoms with Gasteiger partial charge >= 0.3 is 0 Å². The minimum Gasteiger partial charge on any atom is -0.497 e. The molecule has 0 fully saturated rings. The summed E-state index contributed by atoms with van der Waals surface area (Å²) in [6, 6.07) is 9.65. The molecule has 0 radical (unpaired) electrons. The predicted octanol–water partition coefficient (Wildman–Crippen LogP) is 3.88. The summed E-state index contributed by atoms with van der Waals surface area (Å²) in [5, 5.41) is 0. The topological polar surface area (TPSA) is 73.9 Å².